The Balaban J connectivity index is 2.08. The zero-order valence-corrected chi connectivity index (χ0v) is 10.4. The highest BCUT2D eigenvalue weighted by atomic mass is 35.5. The van der Waals surface area contributed by atoms with Crippen LogP contribution < -0.4 is 5.32 Å². The molecule has 2 aromatic rings. The van der Waals surface area contributed by atoms with Crippen molar-refractivity contribution in [1.82, 2.24) is 10.3 Å². The molecule has 0 saturated carbocycles. The number of carboxylic acids is 1. The molecule has 0 aliphatic heterocycles. The van der Waals surface area contributed by atoms with Crippen molar-refractivity contribution >= 4 is 28.5 Å². The number of benzene rings is 1. The van der Waals surface area contributed by atoms with E-state index in [4.69, 9.17) is 16.7 Å². The van der Waals surface area contributed by atoms with Crippen LogP contribution in [0.1, 0.15) is 12.0 Å². The summed E-state index contributed by atoms with van der Waals surface area (Å²) in [5.41, 5.74) is 1.73. The lowest BCUT2D eigenvalue weighted by Gasteiger charge is -2.07. The number of aromatic nitrogens is 1. The molecule has 0 atom stereocenters. The Morgan fingerprint density at radius 3 is 2.94 bits per heavy atom. The van der Waals surface area contributed by atoms with Gasteiger partial charge in [-0.3, -0.25) is 4.79 Å². The van der Waals surface area contributed by atoms with Crippen LogP contribution in [0.4, 0.5) is 0 Å². The highest BCUT2D eigenvalue weighted by molar-refractivity contribution is 6.30. The van der Waals surface area contributed by atoms with Crippen LogP contribution in [0.5, 0.6) is 0 Å². The Kier molecular flexibility index (Phi) is 4.12. The van der Waals surface area contributed by atoms with Gasteiger partial charge in [0, 0.05) is 24.0 Å². The first-order chi connectivity index (χ1) is 8.66. The van der Waals surface area contributed by atoms with E-state index in [1.807, 2.05) is 30.3 Å². The van der Waals surface area contributed by atoms with Gasteiger partial charge in [-0.2, -0.15) is 0 Å². The predicted molar refractivity (Wildman–Crippen MR) is 70.7 cm³/mol. The van der Waals surface area contributed by atoms with E-state index in [0.29, 0.717) is 18.2 Å². The maximum Gasteiger partial charge on any atom is 0.304 e. The van der Waals surface area contributed by atoms with Gasteiger partial charge in [0.1, 0.15) is 5.15 Å². The van der Waals surface area contributed by atoms with E-state index in [2.05, 4.69) is 10.3 Å². The largest absolute Gasteiger partial charge is 0.481 e. The summed E-state index contributed by atoms with van der Waals surface area (Å²) in [6, 6.07) is 9.71. The van der Waals surface area contributed by atoms with Crippen LogP contribution >= 0.6 is 11.6 Å². The lowest BCUT2D eigenvalue weighted by atomic mass is 10.1. The van der Waals surface area contributed by atoms with Crippen molar-refractivity contribution in [2.75, 3.05) is 6.54 Å². The second-order valence-corrected chi connectivity index (χ2v) is 4.31. The van der Waals surface area contributed by atoms with Crippen molar-refractivity contribution in [2.24, 2.45) is 0 Å². The summed E-state index contributed by atoms with van der Waals surface area (Å²) in [5, 5.41) is 13.0. The summed E-state index contributed by atoms with van der Waals surface area (Å²) in [6.07, 6.45) is 0.0959. The predicted octanol–water partition coefficient (Wildman–Crippen LogP) is 2.45. The fourth-order valence-corrected chi connectivity index (χ4v) is 1.89. The first kappa shape index (κ1) is 12.8. The SMILES string of the molecule is O=C(O)CCNCc1cc2ccccc2nc1Cl. The second kappa shape index (κ2) is 5.80. The number of nitrogens with zero attached hydrogens (tertiary/aromatic N) is 1. The maximum atomic E-state index is 10.4. The smallest absolute Gasteiger partial charge is 0.304 e. The molecule has 0 aliphatic carbocycles. The molecule has 0 radical (unpaired) electrons. The Morgan fingerprint density at radius 2 is 2.17 bits per heavy atom. The Bertz CT molecular complexity index is 572. The van der Waals surface area contributed by atoms with Gasteiger partial charge in [0.2, 0.25) is 0 Å². The van der Waals surface area contributed by atoms with Crippen LogP contribution in [-0.4, -0.2) is 22.6 Å². The second-order valence-electron chi connectivity index (χ2n) is 3.95. The molecule has 1 aromatic carbocycles. The number of rotatable bonds is 5. The minimum atomic E-state index is -0.815. The summed E-state index contributed by atoms with van der Waals surface area (Å²) in [6.45, 7) is 0.933. The van der Waals surface area contributed by atoms with Gasteiger partial charge in [0.15, 0.2) is 0 Å². The fourth-order valence-electron chi connectivity index (χ4n) is 1.68. The third-order valence-corrected chi connectivity index (χ3v) is 2.91. The quantitative estimate of drug-likeness (QED) is 0.643. The molecule has 0 spiro atoms. The van der Waals surface area contributed by atoms with Crippen LogP contribution in [0, 0.1) is 0 Å². The molecule has 4 nitrogen and oxygen atoms in total. The summed E-state index contributed by atoms with van der Waals surface area (Å²) >= 11 is 6.08. The van der Waals surface area contributed by atoms with E-state index in [-0.39, 0.29) is 6.42 Å². The first-order valence-corrected chi connectivity index (χ1v) is 6.01. The topological polar surface area (TPSA) is 62.2 Å². The Hall–Kier alpha value is -1.65. The fraction of sp³-hybridized carbons (Fsp3) is 0.231. The van der Waals surface area contributed by atoms with Gasteiger partial charge in [-0.05, 0) is 12.1 Å². The van der Waals surface area contributed by atoms with Gasteiger partial charge in [-0.1, -0.05) is 29.8 Å². The number of para-hydroxylation sites is 1. The number of aliphatic carboxylic acids is 1. The summed E-state index contributed by atoms with van der Waals surface area (Å²) < 4.78 is 0. The van der Waals surface area contributed by atoms with Crippen molar-refractivity contribution in [3.8, 4) is 0 Å². The number of hydrogen-bond acceptors (Lipinski definition) is 3. The normalized spacial score (nSPS) is 10.7. The van der Waals surface area contributed by atoms with Gasteiger partial charge in [0.05, 0.1) is 11.9 Å². The molecule has 5 heteroatoms. The average molecular weight is 265 g/mol. The van der Waals surface area contributed by atoms with E-state index in [1.165, 1.54) is 0 Å². The van der Waals surface area contributed by atoms with Crippen molar-refractivity contribution in [1.29, 1.82) is 0 Å². The number of carboxylic acid groups (broad SMARTS) is 1. The van der Waals surface area contributed by atoms with Crippen molar-refractivity contribution in [3.05, 3.63) is 41.0 Å². The number of nitrogens with one attached hydrogen (secondary N) is 1. The number of halogens is 1. The average Bonchev–Trinajstić information content (AvgIpc) is 2.34. The van der Waals surface area contributed by atoms with Crippen LogP contribution in [0.2, 0.25) is 5.15 Å². The van der Waals surface area contributed by atoms with E-state index in [1.54, 1.807) is 0 Å². The molecule has 1 heterocycles. The standard InChI is InChI=1S/C13H13ClN2O2/c14-13-10(8-15-6-5-12(17)18)7-9-3-1-2-4-11(9)16-13/h1-4,7,15H,5-6,8H2,(H,17,18). The first-order valence-electron chi connectivity index (χ1n) is 5.63. The molecule has 0 unspecified atom stereocenters. The van der Waals surface area contributed by atoms with Crippen molar-refractivity contribution in [2.45, 2.75) is 13.0 Å². The number of hydrogen-bond donors (Lipinski definition) is 2. The minimum absolute atomic E-state index is 0.0959. The molecule has 1 aromatic heterocycles. The van der Waals surface area contributed by atoms with Crippen LogP contribution in [0.25, 0.3) is 10.9 Å². The lowest BCUT2D eigenvalue weighted by molar-refractivity contribution is -0.136. The highest BCUT2D eigenvalue weighted by Crippen LogP contribution is 2.20. The van der Waals surface area contributed by atoms with E-state index in [9.17, 15) is 4.79 Å². The van der Waals surface area contributed by atoms with Gasteiger partial charge in [-0.15, -0.1) is 0 Å². The molecular formula is C13H13ClN2O2. The molecular weight excluding hydrogens is 252 g/mol. The molecule has 0 fully saturated rings. The molecule has 2 N–H and O–H groups in total. The third kappa shape index (κ3) is 3.18. The third-order valence-electron chi connectivity index (χ3n) is 2.58. The summed E-state index contributed by atoms with van der Waals surface area (Å²) in [7, 11) is 0. The van der Waals surface area contributed by atoms with Gasteiger partial charge < -0.3 is 10.4 Å². The van der Waals surface area contributed by atoms with Gasteiger partial charge in [-0.25, -0.2) is 4.98 Å². The molecule has 0 amide bonds. The number of carbonyl (C=O) groups is 1. The van der Waals surface area contributed by atoms with E-state index in [0.717, 1.165) is 16.5 Å². The van der Waals surface area contributed by atoms with Gasteiger partial charge in [0.25, 0.3) is 0 Å². The highest BCUT2D eigenvalue weighted by Gasteiger charge is 2.04. The molecule has 0 aliphatic rings. The molecule has 2 rings (SSSR count). The van der Waals surface area contributed by atoms with Crippen LogP contribution in [-0.2, 0) is 11.3 Å². The van der Waals surface area contributed by atoms with Gasteiger partial charge >= 0.3 is 5.97 Å². The summed E-state index contributed by atoms with van der Waals surface area (Å²) in [4.78, 5) is 14.7. The van der Waals surface area contributed by atoms with Crippen molar-refractivity contribution in [3.63, 3.8) is 0 Å². The Labute approximate surface area is 110 Å². The zero-order chi connectivity index (χ0) is 13.0. The van der Waals surface area contributed by atoms with Crippen LogP contribution in [0.3, 0.4) is 0 Å². The molecule has 0 bridgehead atoms. The molecule has 18 heavy (non-hydrogen) atoms. The number of fused-ring (bicyclic) bond motifs is 1. The zero-order valence-electron chi connectivity index (χ0n) is 9.69. The Morgan fingerprint density at radius 1 is 1.39 bits per heavy atom. The lowest BCUT2D eigenvalue weighted by Crippen LogP contribution is -2.18. The minimum Gasteiger partial charge on any atom is -0.481 e. The number of pyridine rings is 1. The maximum absolute atomic E-state index is 10.4. The van der Waals surface area contributed by atoms with E-state index >= 15 is 0 Å². The van der Waals surface area contributed by atoms with Crippen LogP contribution in [0.15, 0.2) is 30.3 Å². The monoisotopic (exact) mass is 264 g/mol. The molecule has 94 valence electrons. The summed E-state index contributed by atoms with van der Waals surface area (Å²) in [5.74, 6) is -0.815. The van der Waals surface area contributed by atoms with E-state index < -0.39 is 5.97 Å². The molecule has 0 saturated heterocycles. The van der Waals surface area contributed by atoms with Crippen molar-refractivity contribution < 1.29 is 9.90 Å².